The van der Waals surface area contributed by atoms with Gasteiger partial charge < -0.3 is 15.4 Å². The van der Waals surface area contributed by atoms with E-state index < -0.39 is 5.82 Å². The number of carbonyl (C=O) groups excluding carboxylic acids is 1. The van der Waals surface area contributed by atoms with Crippen molar-refractivity contribution in [3.63, 3.8) is 0 Å². The fourth-order valence-electron chi connectivity index (χ4n) is 2.24. The minimum absolute atomic E-state index is 0.0893. The van der Waals surface area contributed by atoms with Crippen LogP contribution in [0, 0.1) is 11.7 Å². The zero-order valence-electron chi connectivity index (χ0n) is 11.2. The van der Waals surface area contributed by atoms with E-state index in [-0.39, 0.29) is 17.7 Å². The van der Waals surface area contributed by atoms with E-state index in [1.54, 1.807) is 6.07 Å². The second kappa shape index (κ2) is 6.02. The van der Waals surface area contributed by atoms with Crippen molar-refractivity contribution in [2.45, 2.75) is 19.4 Å². The highest BCUT2D eigenvalue weighted by Gasteiger charge is 2.23. The van der Waals surface area contributed by atoms with E-state index in [4.69, 9.17) is 4.74 Å². The van der Waals surface area contributed by atoms with Gasteiger partial charge in [0.15, 0.2) is 11.6 Å². The molecule has 4 nitrogen and oxygen atoms in total. The smallest absolute Gasteiger partial charge is 0.251 e. The topological polar surface area (TPSA) is 50.4 Å². The number of amides is 1. The summed E-state index contributed by atoms with van der Waals surface area (Å²) < 4.78 is 18.4. The van der Waals surface area contributed by atoms with Gasteiger partial charge in [-0.1, -0.05) is 6.92 Å². The predicted molar refractivity (Wildman–Crippen MR) is 70.9 cm³/mol. The van der Waals surface area contributed by atoms with Crippen molar-refractivity contribution in [1.29, 1.82) is 0 Å². The molecule has 2 rings (SSSR count). The molecule has 0 bridgehead atoms. The summed E-state index contributed by atoms with van der Waals surface area (Å²) in [4.78, 5) is 12.1. The van der Waals surface area contributed by atoms with E-state index in [1.165, 1.54) is 19.2 Å². The molecule has 1 saturated heterocycles. The van der Waals surface area contributed by atoms with Crippen LogP contribution in [0.15, 0.2) is 18.2 Å². The summed E-state index contributed by atoms with van der Waals surface area (Å²) in [6.45, 7) is 3.84. The Morgan fingerprint density at radius 2 is 2.32 bits per heavy atom. The van der Waals surface area contributed by atoms with E-state index in [9.17, 15) is 9.18 Å². The van der Waals surface area contributed by atoms with Crippen molar-refractivity contribution in [3.05, 3.63) is 29.6 Å². The van der Waals surface area contributed by atoms with Gasteiger partial charge in [-0.05, 0) is 37.1 Å². The highest BCUT2D eigenvalue weighted by Crippen LogP contribution is 2.18. The van der Waals surface area contributed by atoms with Crippen LogP contribution in [0.4, 0.5) is 4.39 Å². The largest absolute Gasteiger partial charge is 0.494 e. The van der Waals surface area contributed by atoms with Crippen molar-refractivity contribution in [2.75, 3.05) is 20.2 Å². The number of hydrogen-bond donors (Lipinski definition) is 2. The summed E-state index contributed by atoms with van der Waals surface area (Å²) in [6.07, 6.45) is 1.03. The summed E-state index contributed by atoms with van der Waals surface area (Å²) >= 11 is 0. The van der Waals surface area contributed by atoms with Gasteiger partial charge in [0.25, 0.3) is 5.91 Å². The SMILES string of the molecule is COc1ccc(C(=O)NC2CNCCC2C)cc1F. The lowest BCUT2D eigenvalue weighted by Crippen LogP contribution is -2.50. The van der Waals surface area contributed by atoms with Gasteiger partial charge in [0.05, 0.1) is 7.11 Å². The lowest BCUT2D eigenvalue weighted by Gasteiger charge is -2.30. The quantitative estimate of drug-likeness (QED) is 0.873. The zero-order valence-corrected chi connectivity index (χ0v) is 11.2. The van der Waals surface area contributed by atoms with Gasteiger partial charge in [-0.25, -0.2) is 4.39 Å². The Morgan fingerprint density at radius 1 is 1.53 bits per heavy atom. The molecule has 5 heteroatoms. The first kappa shape index (κ1) is 13.8. The standard InChI is InChI=1S/C14H19FN2O2/c1-9-5-6-16-8-12(9)17-14(18)10-3-4-13(19-2)11(15)7-10/h3-4,7,9,12,16H,5-6,8H2,1-2H3,(H,17,18). The molecule has 0 radical (unpaired) electrons. The molecule has 104 valence electrons. The third-order valence-electron chi connectivity index (χ3n) is 3.56. The van der Waals surface area contributed by atoms with Crippen LogP contribution in [0.25, 0.3) is 0 Å². The number of benzene rings is 1. The monoisotopic (exact) mass is 266 g/mol. The van der Waals surface area contributed by atoms with Crippen LogP contribution in [-0.2, 0) is 0 Å². The first-order valence-corrected chi connectivity index (χ1v) is 6.47. The molecule has 1 fully saturated rings. The van der Waals surface area contributed by atoms with Crippen molar-refractivity contribution in [1.82, 2.24) is 10.6 Å². The lowest BCUT2D eigenvalue weighted by atomic mass is 9.94. The minimum Gasteiger partial charge on any atom is -0.494 e. The Kier molecular flexibility index (Phi) is 4.37. The van der Waals surface area contributed by atoms with E-state index in [0.29, 0.717) is 11.5 Å². The highest BCUT2D eigenvalue weighted by molar-refractivity contribution is 5.94. The van der Waals surface area contributed by atoms with Crippen LogP contribution >= 0.6 is 0 Å². The molecule has 19 heavy (non-hydrogen) atoms. The third-order valence-corrected chi connectivity index (χ3v) is 3.56. The molecule has 1 heterocycles. The van der Waals surface area contributed by atoms with E-state index in [0.717, 1.165) is 19.5 Å². The number of methoxy groups -OCH3 is 1. The molecule has 2 unspecified atom stereocenters. The fraction of sp³-hybridized carbons (Fsp3) is 0.500. The molecule has 1 aliphatic rings. The van der Waals surface area contributed by atoms with Gasteiger partial charge in [0.2, 0.25) is 0 Å². The molecule has 1 amide bonds. The third kappa shape index (κ3) is 3.23. The van der Waals surface area contributed by atoms with Gasteiger partial charge in [-0.3, -0.25) is 4.79 Å². The number of hydrogen-bond acceptors (Lipinski definition) is 3. The maximum atomic E-state index is 13.5. The summed E-state index contributed by atoms with van der Waals surface area (Å²) in [7, 11) is 1.40. The number of halogens is 1. The number of rotatable bonds is 3. The van der Waals surface area contributed by atoms with Crippen molar-refractivity contribution >= 4 is 5.91 Å². The summed E-state index contributed by atoms with van der Waals surface area (Å²) in [5.74, 6) is -0.204. The molecule has 0 spiro atoms. The summed E-state index contributed by atoms with van der Waals surface area (Å²) in [5.41, 5.74) is 0.316. The maximum Gasteiger partial charge on any atom is 0.251 e. The first-order chi connectivity index (χ1) is 9.11. The molecule has 2 N–H and O–H groups in total. The molecule has 1 aromatic rings. The maximum absolute atomic E-state index is 13.5. The average Bonchev–Trinajstić information content (AvgIpc) is 2.41. The average molecular weight is 266 g/mol. The van der Waals surface area contributed by atoms with E-state index >= 15 is 0 Å². The fourth-order valence-corrected chi connectivity index (χ4v) is 2.24. The zero-order chi connectivity index (χ0) is 13.8. The first-order valence-electron chi connectivity index (χ1n) is 6.47. The molecule has 0 saturated carbocycles. The van der Waals surface area contributed by atoms with Gasteiger partial charge in [-0.15, -0.1) is 0 Å². The molecular formula is C14H19FN2O2. The Morgan fingerprint density at radius 3 is 2.95 bits per heavy atom. The number of nitrogens with one attached hydrogen (secondary N) is 2. The Hall–Kier alpha value is -1.62. The summed E-state index contributed by atoms with van der Waals surface area (Å²) in [6, 6.07) is 4.33. The second-order valence-electron chi connectivity index (χ2n) is 4.90. The normalized spacial score (nSPS) is 22.9. The lowest BCUT2D eigenvalue weighted by molar-refractivity contribution is 0.0914. The number of piperidine rings is 1. The van der Waals surface area contributed by atoms with Crippen LogP contribution in [0.3, 0.4) is 0 Å². The highest BCUT2D eigenvalue weighted by atomic mass is 19.1. The van der Waals surface area contributed by atoms with Crippen LogP contribution < -0.4 is 15.4 Å². The van der Waals surface area contributed by atoms with Crippen LogP contribution in [0.2, 0.25) is 0 Å². The van der Waals surface area contributed by atoms with Crippen LogP contribution in [0.1, 0.15) is 23.7 Å². The van der Waals surface area contributed by atoms with Crippen molar-refractivity contribution in [3.8, 4) is 5.75 Å². The number of ether oxygens (including phenoxy) is 1. The molecular weight excluding hydrogens is 247 g/mol. The van der Waals surface area contributed by atoms with Crippen molar-refractivity contribution in [2.24, 2.45) is 5.92 Å². The van der Waals surface area contributed by atoms with Gasteiger partial charge in [0, 0.05) is 18.2 Å². The van der Waals surface area contributed by atoms with Gasteiger partial charge >= 0.3 is 0 Å². The molecule has 0 aliphatic carbocycles. The van der Waals surface area contributed by atoms with Crippen LogP contribution in [-0.4, -0.2) is 32.1 Å². The minimum atomic E-state index is -0.523. The Bertz CT molecular complexity index is 465. The van der Waals surface area contributed by atoms with Crippen molar-refractivity contribution < 1.29 is 13.9 Å². The predicted octanol–water partition coefficient (Wildman–Crippen LogP) is 1.56. The summed E-state index contributed by atoms with van der Waals surface area (Å²) in [5, 5.41) is 6.18. The van der Waals surface area contributed by atoms with Crippen LogP contribution in [0.5, 0.6) is 5.75 Å². The molecule has 1 aliphatic heterocycles. The van der Waals surface area contributed by atoms with E-state index in [2.05, 4.69) is 17.6 Å². The number of carbonyl (C=O) groups is 1. The van der Waals surface area contributed by atoms with Gasteiger partial charge in [0.1, 0.15) is 0 Å². The molecule has 2 atom stereocenters. The molecule has 0 aromatic heterocycles. The van der Waals surface area contributed by atoms with E-state index in [1.807, 2.05) is 0 Å². The molecule has 1 aromatic carbocycles. The second-order valence-corrected chi connectivity index (χ2v) is 4.90. The Labute approximate surface area is 112 Å². The Balaban J connectivity index is 2.05. The van der Waals surface area contributed by atoms with Gasteiger partial charge in [-0.2, -0.15) is 0 Å².